The summed E-state index contributed by atoms with van der Waals surface area (Å²) < 4.78 is 6.10. The van der Waals surface area contributed by atoms with Crippen molar-refractivity contribution in [1.82, 2.24) is 0 Å². The Morgan fingerprint density at radius 1 is 1.11 bits per heavy atom. The Morgan fingerprint density at radius 2 is 1.79 bits per heavy atom. The van der Waals surface area contributed by atoms with Gasteiger partial charge >= 0.3 is 0 Å². The molecular formula is C17H20O2. The van der Waals surface area contributed by atoms with E-state index in [0.29, 0.717) is 5.56 Å². The van der Waals surface area contributed by atoms with Gasteiger partial charge in [0.05, 0.1) is 11.7 Å². The fourth-order valence-corrected chi connectivity index (χ4v) is 2.27. The molecule has 0 atom stereocenters. The highest BCUT2D eigenvalue weighted by molar-refractivity contribution is 6.03. The highest BCUT2D eigenvalue weighted by Gasteiger charge is 2.15. The average molecular weight is 256 g/mol. The molecule has 0 aliphatic rings. The standard InChI is InChI=1S/C17H20O2/c1-4-14(5-2)19-17-15(12(3)18)11-10-13-8-6-7-9-16(13)17/h6-11,14H,4-5H2,1-3H3. The summed E-state index contributed by atoms with van der Waals surface area (Å²) in [4.78, 5) is 11.8. The molecule has 0 heterocycles. The Bertz CT molecular complexity index is 583. The van der Waals surface area contributed by atoms with E-state index in [1.165, 1.54) is 0 Å². The van der Waals surface area contributed by atoms with Crippen molar-refractivity contribution in [3.8, 4) is 5.75 Å². The second kappa shape index (κ2) is 5.87. The molecule has 0 saturated carbocycles. The summed E-state index contributed by atoms with van der Waals surface area (Å²) >= 11 is 0. The lowest BCUT2D eigenvalue weighted by Crippen LogP contribution is -2.15. The highest BCUT2D eigenvalue weighted by Crippen LogP contribution is 2.31. The molecule has 0 aliphatic heterocycles. The zero-order valence-corrected chi connectivity index (χ0v) is 11.8. The van der Waals surface area contributed by atoms with Gasteiger partial charge in [-0.1, -0.05) is 44.2 Å². The minimum atomic E-state index is 0.0479. The van der Waals surface area contributed by atoms with Gasteiger partial charge in [-0.15, -0.1) is 0 Å². The molecule has 0 radical (unpaired) electrons. The average Bonchev–Trinajstić information content (AvgIpc) is 2.44. The van der Waals surface area contributed by atoms with Crippen LogP contribution in [0.3, 0.4) is 0 Å². The minimum absolute atomic E-state index is 0.0479. The summed E-state index contributed by atoms with van der Waals surface area (Å²) in [6, 6.07) is 11.9. The summed E-state index contributed by atoms with van der Waals surface area (Å²) in [6.07, 6.45) is 2.04. The number of fused-ring (bicyclic) bond motifs is 1. The quantitative estimate of drug-likeness (QED) is 0.730. The van der Waals surface area contributed by atoms with E-state index < -0.39 is 0 Å². The van der Waals surface area contributed by atoms with Crippen molar-refractivity contribution in [2.75, 3.05) is 0 Å². The molecule has 0 unspecified atom stereocenters. The molecule has 0 N–H and O–H groups in total. The number of Topliss-reactive ketones (excluding diaryl/α,β-unsaturated/α-hetero) is 1. The van der Waals surface area contributed by atoms with Crippen LogP contribution in [-0.2, 0) is 0 Å². The predicted molar refractivity (Wildman–Crippen MR) is 79.0 cm³/mol. The molecule has 0 fully saturated rings. The molecule has 2 heteroatoms. The molecule has 0 amide bonds. The third kappa shape index (κ3) is 2.78. The largest absolute Gasteiger partial charge is 0.489 e. The van der Waals surface area contributed by atoms with Crippen LogP contribution in [0.4, 0.5) is 0 Å². The summed E-state index contributed by atoms with van der Waals surface area (Å²) in [6.45, 7) is 5.79. The van der Waals surface area contributed by atoms with Crippen LogP contribution in [0.25, 0.3) is 10.8 Å². The first kappa shape index (κ1) is 13.6. The van der Waals surface area contributed by atoms with E-state index in [0.717, 1.165) is 29.4 Å². The van der Waals surface area contributed by atoms with Gasteiger partial charge in [-0.25, -0.2) is 0 Å². The lowest BCUT2D eigenvalue weighted by Gasteiger charge is -2.19. The van der Waals surface area contributed by atoms with Crippen molar-refractivity contribution in [2.24, 2.45) is 0 Å². The van der Waals surface area contributed by atoms with Gasteiger partial charge in [0.2, 0.25) is 0 Å². The topological polar surface area (TPSA) is 26.3 Å². The minimum Gasteiger partial charge on any atom is -0.489 e. The second-order valence-electron chi connectivity index (χ2n) is 4.78. The van der Waals surface area contributed by atoms with E-state index in [1.807, 2.05) is 36.4 Å². The van der Waals surface area contributed by atoms with Crippen LogP contribution in [-0.4, -0.2) is 11.9 Å². The lowest BCUT2D eigenvalue weighted by atomic mass is 10.0. The van der Waals surface area contributed by atoms with Gasteiger partial charge in [0.1, 0.15) is 5.75 Å². The van der Waals surface area contributed by atoms with Gasteiger partial charge in [0.25, 0.3) is 0 Å². The summed E-state index contributed by atoms with van der Waals surface area (Å²) in [7, 11) is 0. The van der Waals surface area contributed by atoms with Crippen molar-refractivity contribution in [2.45, 2.75) is 39.7 Å². The number of ketones is 1. The molecule has 0 bridgehead atoms. The van der Waals surface area contributed by atoms with Gasteiger partial charge in [0.15, 0.2) is 5.78 Å². The number of carbonyl (C=O) groups excluding carboxylic acids is 1. The van der Waals surface area contributed by atoms with Crippen molar-refractivity contribution < 1.29 is 9.53 Å². The maximum atomic E-state index is 11.8. The molecule has 0 saturated heterocycles. The first-order valence-corrected chi connectivity index (χ1v) is 6.86. The SMILES string of the molecule is CCC(CC)Oc1c(C(C)=O)ccc2ccccc12. The third-order valence-electron chi connectivity index (χ3n) is 3.45. The summed E-state index contributed by atoms with van der Waals surface area (Å²) in [5.41, 5.74) is 0.672. The van der Waals surface area contributed by atoms with Crippen LogP contribution in [0, 0.1) is 0 Å². The smallest absolute Gasteiger partial charge is 0.163 e. The Morgan fingerprint density at radius 3 is 2.42 bits per heavy atom. The molecule has 0 spiro atoms. The zero-order chi connectivity index (χ0) is 13.8. The molecule has 2 aromatic carbocycles. The monoisotopic (exact) mass is 256 g/mol. The zero-order valence-electron chi connectivity index (χ0n) is 11.8. The van der Waals surface area contributed by atoms with Crippen LogP contribution >= 0.6 is 0 Å². The molecule has 2 rings (SSSR count). The predicted octanol–water partition coefficient (Wildman–Crippen LogP) is 4.61. The number of ether oxygens (including phenoxy) is 1. The normalized spacial score (nSPS) is 10.9. The van der Waals surface area contributed by atoms with E-state index in [-0.39, 0.29) is 11.9 Å². The van der Waals surface area contributed by atoms with Crippen LogP contribution in [0.15, 0.2) is 36.4 Å². The van der Waals surface area contributed by atoms with Crippen molar-refractivity contribution in [3.63, 3.8) is 0 Å². The number of carbonyl (C=O) groups is 1. The maximum Gasteiger partial charge on any atom is 0.163 e. The summed E-state index contributed by atoms with van der Waals surface area (Å²) in [5.74, 6) is 0.783. The van der Waals surface area contributed by atoms with Crippen LogP contribution in [0.1, 0.15) is 44.0 Å². The fraction of sp³-hybridized carbons (Fsp3) is 0.353. The number of benzene rings is 2. The van der Waals surface area contributed by atoms with E-state index in [4.69, 9.17) is 4.74 Å². The third-order valence-corrected chi connectivity index (χ3v) is 3.45. The number of hydrogen-bond acceptors (Lipinski definition) is 2. The first-order valence-electron chi connectivity index (χ1n) is 6.86. The van der Waals surface area contributed by atoms with Gasteiger partial charge in [-0.2, -0.15) is 0 Å². The number of hydrogen-bond donors (Lipinski definition) is 0. The fourth-order valence-electron chi connectivity index (χ4n) is 2.27. The van der Waals surface area contributed by atoms with Crippen molar-refractivity contribution in [3.05, 3.63) is 42.0 Å². The molecule has 0 aromatic heterocycles. The lowest BCUT2D eigenvalue weighted by molar-refractivity contribution is 0.101. The van der Waals surface area contributed by atoms with Crippen molar-refractivity contribution >= 4 is 16.6 Å². The van der Waals surface area contributed by atoms with Crippen molar-refractivity contribution in [1.29, 1.82) is 0 Å². The van der Waals surface area contributed by atoms with Gasteiger partial charge in [-0.3, -0.25) is 4.79 Å². The summed E-state index contributed by atoms with van der Waals surface area (Å²) in [5, 5.41) is 2.12. The molecular weight excluding hydrogens is 236 g/mol. The number of rotatable bonds is 5. The van der Waals surface area contributed by atoms with E-state index in [9.17, 15) is 4.79 Å². The first-order chi connectivity index (χ1) is 9.17. The maximum absolute atomic E-state index is 11.8. The Hall–Kier alpha value is -1.83. The van der Waals surface area contributed by atoms with Crippen LogP contribution in [0.2, 0.25) is 0 Å². The highest BCUT2D eigenvalue weighted by atomic mass is 16.5. The Labute approximate surface area is 114 Å². The van der Waals surface area contributed by atoms with Gasteiger partial charge in [0, 0.05) is 5.39 Å². The molecule has 0 aliphatic carbocycles. The van der Waals surface area contributed by atoms with E-state index in [2.05, 4.69) is 13.8 Å². The van der Waals surface area contributed by atoms with Gasteiger partial charge < -0.3 is 4.74 Å². The Kier molecular flexibility index (Phi) is 4.20. The van der Waals surface area contributed by atoms with Crippen LogP contribution in [0.5, 0.6) is 5.75 Å². The molecule has 2 nitrogen and oxygen atoms in total. The van der Waals surface area contributed by atoms with Gasteiger partial charge in [-0.05, 0) is 31.2 Å². The Balaban J connectivity index is 2.58. The molecule has 19 heavy (non-hydrogen) atoms. The molecule has 100 valence electrons. The van der Waals surface area contributed by atoms with E-state index in [1.54, 1.807) is 6.92 Å². The molecule has 2 aromatic rings. The second-order valence-corrected chi connectivity index (χ2v) is 4.78. The van der Waals surface area contributed by atoms with E-state index >= 15 is 0 Å². The van der Waals surface area contributed by atoms with Crippen LogP contribution < -0.4 is 4.74 Å².